The molecular formula is C13H21BrN2O. The average molecular weight is 301 g/mol. The SMILES string of the molecule is CCCNC(COCCC)c1ncccc1Br. The van der Waals surface area contributed by atoms with E-state index in [0.717, 1.165) is 36.2 Å². The molecule has 3 nitrogen and oxygen atoms in total. The first kappa shape index (κ1) is 14.6. The second-order valence-corrected chi connectivity index (χ2v) is 4.81. The molecule has 0 aliphatic carbocycles. The number of nitrogens with zero attached hydrogens (tertiary/aromatic N) is 1. The smallest absolute Gasteiger partial charge is 0.0744 e. The molecule has 1 atom stereocenters. The highest BCUT2D eigenvalue weighted by molar-refractivity contribution is 9.10. The first-order valence-electron chi connectivity index (χ1n) is 6.21. The van der Waals surface area contributed by atoms with Crippen LogP contribution in [0.4, 0.5) is 0 Å². The summed E-state index contributed by atoms with van der Waals surface area (Å²) >= 11 is 3.54. The minimum atomic E-state index is 0.164. The van der Waals surface area contributed by atoms with E-state index in [2.05, 4.69) is 40.1 Å². The van der Waals surface area contributed by atoms with Crippen LogP contribution in [0.1, 0.15) is 38.4 Å². The van der Waals surface area contributed by atoms with E-state index in [1.54, 1.807) is 0 Å². The molecule has 0 aliphatic heterocycles. The lowest BCUT2D eigenvalue weighted by molar-refractivity contribution is 0.110. The minimum absolute atomic E-state index is 0.164. The zero-order chi connectivity index (χ0) is 12.5. The van der Waals surface area contributed by atoms with Crippen LogP contribution >= 0.6 is 15.9 Å². The molecule has 4 heteroatoms. The maximum absolute atomic E-state index is 5.63. The van der Waals surface area contributed by atoms with E-state index in [9.17, 15) is 0 Å². The van der Waals surface area contributed by atoms with Gasteiger partial charge in [-0.25, -0.2) is 0 Å². The van der Waals surface area contributed by atoms with Gasteiger partial charge in [0.15, 0.2) is 0 Å². The molecule has 0 radical (unpaired) electrons. The molecule has 0 saturated carbocycles. The summed E-state index contributed by atoms with van der Waals surface area (Å²) < 4.78 is 6.66. The quantitative estimate of drug-likeness (QED) is 0.748. The highest BCUT2D eigenvalue weighted by atomic mass is 79.9. The molecule has 0 aromatic carbocycles. The van der Waals surface area contributed by atoms with Crippen LogP contribution in [0.2, 0.25) is 0 Å². The first-order valence-corrected chi connectivity index (χ1v) is 7.00. The van der Waals surface area contributed by atoms with E-state index in [1.165, 1.54) is 0 Å². The monoisotopic (exact) mass is 300 g/mol. The Balaban J connectivity index is 2.64. The van der Waals surface area contributed by atoms with Gasteiger partial charge in [-0.3, -0.25) is 4.98 Å². The van der Waals surface area contributed by atoms with Gasteiger partial charge < -0.3 is 10.1 Å². The summed E-state index contributed by atoms with van der Waals surface area (Å²) in [5.74, 6) is 0. The Morgan fingerprint density at radius 3 is 2.88 bits per heavy atom. The lowest BCUT2D eigenvalue weighted by Gasteiger charge is -2.19. The molecule has 0 fully saturated rings. The van der Waals surface area contributed by atoms with Gasteiger partial charge >= 0.3 is 0 Å². The summed E-state index contributed by atoms with van der Waals surface area (Å²) in [6, 6.07) is 4.11. The lowest BCUT2D eigenvalue weighted by atomic mass is 10.2. The van der Waals surface area contributed by atoms with Gasteiger partial charge in [0.25, 0.3) is 0 Å². The van der Waals surface area contributed by atoms with Gasteiger partial charge in [-0.05, 0) is 47.4 Å². The maximum Gasteiger partial charge on any atom is 0.0744 e. The van der Waals surface area contributed by atoms with E-state index in [0.29, 0.717) is 6.61 Å². The fourth-order valence-electron chi connectivity index (χ4n) is 1.55. The van der Waals surface area contributed by atoms with E-state index < -0.39 is 0 Å². The van der Waals surface area contributed by atoms with Crippen LogP contribution in [0.25, 0.3) is 0 Å². The Kier molecular flexibility index (Phi) is 7.40. The fraction of sp³-hybridized carbons (Fsp3) is 0.615. The van der Waals surface area contributed by atoms with Crippen molar-refractivity contribution in [3.8, 4) is 0 Å². The molecule has 0 bridgehead atoms. The molecule has 1 rings (SSSR count). The van der Waals surface area contributed by atoms with Gasteiger partial charge in [-0.15, -0.1) is 0 Å². The largest absolute Gasteiger partial charge is 0.379 e. The van der Waals surface area contributed by atoms with Crippen molar-refractivity contribution >= 4 is 15.9 Å². The third-order valence-corrected chi connectivity index (χ3v) is 3.06. The van der Waals surface area contributed by atoms with Crippen molar-refractivity contribution in [1.82, 2.24) is 10.3 Å². The van der Waals surface area contributed by atoms with Gasteiger partial charge in [0.1, 0.15) is 0 Å². The van der Waals surface area contributed by atoms with Crippen LogP contribution in [-0.2, 0) is 4.74 Å². The summed E-state index contributed by atoms with van der Waals surface area (Å²) in [4.78, 5) is 4.42. The van der Waals surface area contributed by atoms with Crippen LogP contribution in [0.5, 0.6) is 0 Å². The fourth-order valence-corrected chi connectivity index (χ4v) is 2.08. The zero-order valence-electron chi connectivity index (χ0n) is 10.6. The number of rotatable bonds is 8. The van der Waals surface area contributed by atoms with E-state index in [-0.39, 0.29) is 6.04 Å². The summed E-state index contributed by atoms with van der Waals surface area (Å²) in [6.07, 6.45) is 3.97. The van der Waals surface area contributed by atoms with Gasteiger partial charge in [0.05, 0.1) is 18.3 Å². The maximum atomic E-state index is 5.63. The van der Waals surface area contributed by atoms with E-state index in [1.807, 2.05) is 18.3 Å². The highest BCUT2D eigenvalue weighted by Crippen LogP contribution is 2.21. The van der Waals surface area contributed by atoms with Crippen molar-refractivity contribution in [2.75, 3.05) is 19.8 Å². The molecular weight excluding hydrogens is 280 g/mol. The molecule has 0 saturated heterocycles. The minimum Gasteiger partial charge on any atom is -0.379 e. The molecule has 1 unspecified atom stereocenters. The van der Waals surface area contributed by atoms with Crippen molar-refractivity contribution in [2.45, 2.75) is 32.7 Å². The zero-order valence-corrected chi connectivity index (χ0v) is 12.2. The topological polar surface area (TPSA) is 34.1 Å². The first-order chi connectivity index (χ1) is 8.29. The van der Waals surface area contributed by atoms with Crippen molar-refractivity contribution in [3.63, 3.8) is 0 Å². The Hall–Kier alpha value is -0.450. The van der Waals surface area contributed by atoms with Crippen molar-refractivity contribution < 1.29 is 4.74 Å². The highest BCUT2D eigenvalue weighted by Gasteiger charge is 2.14. The lowest BCUT2D eigenvalue weighted by Crippen LogP contribution is -2.27. The summed E-state index contributed by atoms with van der Waals surface area (Å²) in [6.45, 7) is 6.72. The van der Waals surface area contributed by atoms with E-state index >= 15 is 0 Å². The van der Waals surface area contributed by atoms with Crippen LogP contribution in [0, 0.1) is 0 Å². The summed E-state index contributed by atoms with van der Waals surface area (Å²) in [5.41, 5.74) is 1.03. The molecule has 1 aromatic rings. The molecule has 0 spiro atoms. The molecule has 1 aromatic heterocycles. The molecule has 1 heterocycles. The third-order valence-electron chi connectivity index (χ3n) is 2.39. The van der Waals surface area contributed by atoms with Crippen LogP contribution in [0.15, 0.2) is 22.8 Å². The normalized spacial score (nSPS) is 12.6. The van der Waals surface area contributed by atoms with Crippen LogP contribution in [-0.4, -0.2) is 24.7 Å². The number of nitrogens with one attached hydrogen (secondary N) is 1. The summed E-state index contributed by atoms with van der Waals surface area (Å²) in [7, 11) is 0. The number of pyridine rings is 1. The standard InChI is InChI=1S/C13H21BrN2O/c1-3-7-15-12(10-17-9-4-2)13-11(14)6-5-8-16-13/h5-6,8,12,15H,3-4,7,9-10H2,1-2H3. The molecule has 0 amide bonds. The van der Waals surface area contributed by atoms with Gasteiger partial charge in [-0.1, -0.05) is 13.8 Å². The van der Waals surface area contributed by atoms with Crippen molar-refractivity contribution in [3.05, 3.63) is 28.5 Å². The van der Waals surface area contributed by atoms with Gasteiger partial charge in [-0.2, -0.15) is 0 Å². The number of aromatic nitrogens is 1. The van der Waals surface area contributed by atoms with Crippen LogP contribution in [0.3, 0.4) is 0 Å². The van der Waals surface area contributed by atoms with Gasteiger partial charge in [0.2, 0.25) is 0 Å². The number of hydrogen-bond donors (Lipinski definition) is 1. The second-order valence-electron chi connectivity index (χ2n) is 3.95. The predicted octanol–water partition coefficient (Wildman–Crippen LogP) is 3.31. The van der Waals surface area contributed by atoms with Crippen molar-refractivity contribution in [1.29, 1.82) is 0 Å². The molecule has 0 aliphatic rings. The third kappa shape index (κ3) is 5.15. The molecule has 17 heavy (non-hydrogen) atoms. The second kappa shape index (κ2) is 8.61. The van der Waals surface area contributed by atoms with Crippen molar-refractivity contribution in [2.24, 2.45) is 0 Å². The Morgan fingerprint density at radius 2 is 2.24 bits per heavy atom. The number of ether oxygens (including phenoxy) is 1. The average Bonchev–Trinajstić information content (AvgIpc) is 2.35. The molecule has 96 valence electrons. The van der Waals surface area contributed by atoms with E-state index in [4.69, 9.17) is 4.74 Å². The number of hydrogen-bond acceptors (Lipinski definition) is 3. The Labute approximate surface area is 112 Å². The predicted molar refractivity (Wildman–Crippen MR) is 74.1 cm³/mol. The summed E-state index contributed by atoms with van der Waals surface area (Å²) in [5, 5.41) is 3.47. The number of halogens is 1. The molecule has 1 N–H and O–H groups in total. The Bertz CT molecular complexity index is 320. The van der Waals surface area contributed by atoms with Crippen LogP contribution < -0.4 is 5.32 Å². The van der Waals surface area contributed by atoms with Gasteiger partial charge in [0, 0.05) is 17.3 Å². The Morgan fingerprint density at radius 1 is 1.41 bits per heavy atom.